The van der Waals surface area contributed by atoms with Crippen LogP contribution in [0.1, 0.15) is 40.4 Å². The summed E-state index contributed by atoms with van der Waals surface area (Å²) >= 11 is 0. The molecule has 2 aromatic heterocycles. The van der Waals surface area contributed by atoms with E-state index in [0.717, 1.165) is 5.56 Å². The molecule has 31 heavy (non-hydrogen) atoms. The number of aromatic nitrogens is 1. The maximum Gasteiger partial charge on any atom is 0.290 e. The highest BCUT2D eigenvalue weighted by atomic mass is 16.5. The Morgan fingerprint density at radius 3 is 2.74 bits per heavy atom. The molecule has 3 aromatic rings. The van der Waals surface area contributed by atoms with E-state index in [1.54, 1.807) is 61.8 Å². The number of aliphatic hydroxyl groups is 1. The second-order valence-electron chi connectivity index (χ2n) is 7.20. The first-order valence-electron chi connectivity index (χ1n) is 9.96. The number of ether oxygens (including phenoxy) is 1. The van der Waals surface area contributed by atoms with Crippen LogP contribution < -0.4 is 4.74 Å². The summed E-state index contributed by atoms with van der Waals surface area (Å²) in [5.74, 6) is -0.478. The molecule has 1 amide bonds. The van der Waals surface area contributed by atoms with E-state index in [9.17, 15) is 14.7 Å². The van der Waals surface area contributed by atoms with E-state index in [4.69, 9.17) is 9.15 Å². The van der Waals surface area contributed by atoms with Crippen molar-refractivity contribution in [2.45, 2.75) is 26.4 Å². The molecule has 1 aliphatic heterocycles. The summed E-state index contributed by atoms with van der Waals surface area (Å²) in [4.78, 5) is 31.9. The summed E-state index contributed by atoms with van der Waals surface area (Å²) in [5.41, 5.74) is 1.41. The third-order valence-electron chi connectivity index (χ3n) is 5.07. The van der Waals surface area contributed by atoms with Crippen LogP contribution >= 0.6 is 0 Å². The molecule has 1 unspecified atom stereocenters. The Hall–Kier alpha value is -3.87. The molecule has 0 saturated carbocycles. The van der Waals surface area contributed by atoms with Crippen LogP contribution in [0.25, 0.3) is 0 Å². The number of hydrogen-bond donors (Lipinski definition) is 1. The van der Waals surface area contributed by atoms with Gasteiger partial charge in [0.05, 0.1) is 18.2 Å². The molecule has 4 rings (SSSR count). The Morgan fingerprint density at radius 1 is 1.23 bits per heavy atom. The molecule has 158 valence electrons. The van der Waals surface area contributed by atoms with Crippen LogP contribution in [-0.4, -0.2) is 33.3 Å². The van der Waals surface area contributed by atoms with Gasteiger partial charge in [-0.1, -0.05) is 18.2 Å². The molecule has 0 fully saturated rings. The first kappa shape index (κ1) is 20.4. The van der Waals surface area contributed by atoms with Crippen LogP contribution in [0.5, 0.6) is 5.75 Å². The van der Waals surface area contributed by atoms with E-state index in [0.29, 0.717) is 23.7 Å². The van der Waals surface area contributed by atoms with Gasteiger partial charge in [0.25, 0.3) is 5.91 Å². The van der Waals surface area contributed by atoms with Crippen LogP contribution in [0.3, 0.4) is 0 Å². The molecule has 0 aliphatic carbocycles. The zero-order valence-corrected chi connectivity index (χ0v) is 17.2. The topological polar surface area (TPSA) is 92.9 Å². The molecule has 1 N–H and O–H groups in total. The molecule has 7 heteroatoms. The third kappa shape index (κ3) is 3.94. The summed E-state index contributed by atoms with van der Waals surface area (Å²) in [6.45, 7) is 4.25. The maximum atomic E-state index is 13.3. The van der Waals surface area contributed by atoms with Crippen LogP contribution in [0.2, 0.25) is 0 Å². The number of Topliss-reactive ketones (excluding diaryl/α,β-unsaturated/α-hetero) is 1. The van der Waals surface area contributed by atoms with Crippen LogP contribution in [0.4, 0.5) is 0 Å². The van der Waals surface area contributed by atoms with E-state index in [-0.39, 0.29) is 17.9 Å². The van der Waals surface area contributed by atoms with Crippen LogP contribution in [0.15, 0.2) is 76.7 Å². The molecule has 1 atom stereocenters. The van der Waals surface area contributed by atoms with Crippen molar-refractivity contribution in [3.8, 4) is 5.75 Å². The number of aryl methyl sites for hydroxylation is 1. The number of carbonyl (C=O) groups excluding carboxylic acids is 2. The minimum Gasteiger partial charge on any atom is -0.503 e. The second-order valence-corrected chi connectivity index (χ2v) is 7.20. The summed E-state index contributed by atoms with van der Waals surface area (Å²) in [7, 11) is 0. The minimum absolute atomic E-state index is 0.0168. The van der Waals surface area contributed by atoms with Gasteiger partial charge in [-0.05, 0) is 55.3 Å². The van der Waals surface area contributed by atoms with Crippen molar-refractivity contribution in [1.82, 2.24) is 9.88 Å². The molecule has 7 nitrogen and oxygen atoms in total. The van der Waals surface area contributed by atoms with Gasteiger partial charge in [0, 0.05) is 18.9 Å². The standard InChI is InChI=1S/C24H22N2O5/c1-3-30-18-8-4-7-17(12-18)21-20(22(27)19-10-9-15(2)31-19)23(28)24(29)26(21)14-16-6-5-11-25-13-16/h4-13,21,28H,3,14H2,1-2H3. The first-order valence-corrected chi connectivity index (χ1v) is 9.96. The molecule has 0 radical (unpaired) electrons. The van der Waals surface area contributed by atoms with Gasteiger partial charge in [0.15, 0.2) is 11.5 Å². The number of nitrogens with zero attached hydrogens (tertiary/aromatic N) is 2. The number of pyridine rings is 1. The number of amides is 1. The summed E-state index contributed by atoms with van der Waals surface area (Å²) in [5, 5.41) is 10.7. The third-order valence-corrected chi connectivity index (χ3v) is 5.07. The molecule has 0 spiro atoms. The number of hydrogen-bond acceptors (Lipinski definition) is 6. The fraction of sp³-hybridized carbons (Fsp3) is 0.208. The summed E-state index contributed by atoms with van der Waals surface area (Å²) in [6.07, 6.45) is 3.29. The number of rotatable bonds is 7. The summed E-state index contributed by atoms with van der Waals surface area (Å²) < 4.78 is 11.1. The van der Waals surface area contributed by atoms with Gasteiger partial charge in [0.1, 0.15) is 11.5 Å². The van der Waals surface area contributed by atoms with Crippen molar-refractivity contribution in [2.24, 2.45) is 0 Å². The minimum atomic E-state index is -0.800. The monoisotopic (exact) mass is 418 g/mol. The lowest BCUT2D eigenvalue weighted by Crippen LogP contribution is -2.30. The average molecular weight is 418 g/mol. The number of carbonyl (C=O) groups is 2. The molecular weight excluding hydrogens is 396 g/mol. The fourth-order valence-electron chi connectivity index (χ4n) is 3.71. The van der Waals surface area contributed by atoms with Gasteiger partial charge in [-0.15, -0.1) is 0 Å². The quantitative estimate of drug-likeness (QED) is 0.579. The van der Waals surface area contributed by atoms with Crippen LogP contribution in [-0.2, 0) is 11.3 Å². The lowest BCUT2D eigenvalue weighted by Gasteiger charge is -2.27. The molecule has 0 saturated heterocycles. The van der Waals surface area contributed by atoms with Gasteiger partial charge in [0.2, 0.25) is 5.78 Å². The lowest BCUT2D eigenvalue weighted by molar-refractivity contribution is -0.130. The smallest absolute Gasteiger partial charge is 0.290 e. The SMILES string of the molecule is CCOc1cccc(C2C(C(=O)c3ccc(C)o3)=C(O)C(=O)N2Cc2cccnc2)c1. The van der Waals surface area contributed by atoms with Crippen molar-refractivity contribution >= 4 is 11.7 Å². The van der Waals surface area contributed by atoms with Crippen molar-refractivity contribution in [3.05, 3.63) is 94.9 Å². The predicted molar refractivity (Wildman–Crippen MR) is 113 cm³/mol. The highest BCUT2D eigenvalue weighted by Crippen LogP contribution is 2.40. The second kappa shape index (κ2) is 8.47. The molecule has 1 aromatic carbocycles. The Bertz CT molecular complexity index is 1150. The molecule has 0 bridgehead atoms. The van der Waals surface area contributed by atoms with Gasteiger partial charge >= 0.3 is 0 Å². The van der Waals surface area contributed by atoms with Crippen molar-refractivity contribution in [2.75, 3.05) is 6.61 Å². The van der Waals surface area contributed by atoms with E-state index in [1.165, 1.54) is 4.90 Å². The number of ketones is 1. The number of benzene rings is 1. The largest absolute Gasteiger partial charge is 0.503 e. The molecule has 3 heterocycles. The Balaban J connectivity index is 1.80. The highest BCUT2D eigenvalue weighted by Gasteiger charge is 2.44. The number of aliphatic hydroxyl groups excluding tert-OH is 1. The normalized spacial score (nSPS) is 16.1. The number of furan rings is 1. The van der Waals surface area contributed by atoms with E-state index >= 15 is 0 Å². The van der Waals surface area contributed by atoms with Gasteiger partial charge in [-0.2, -0.15) is 0 Å². The molecular formula is C24H22N2O5. The van der Waals surface area contributed by atoms with Gasteiger partial charge in [-0.25, -0.2) is 0 Å². The average Bonchev–Trinajstić information content (AvgIpc) is 3.31. The Kier molecular flexibility index (Phi) is 5.58. The van der Waals surface area contributed by atoms with Crippen LogP contribution in [0, 0.1) is 6.92 Å². The van der Waals surface area contributed by atoms with Gasteiger partial charge < -0.3 is 19.2 Å². The Labute approximate surface area is 179 Å². The maximum absolute atomic E-state index is 13.3. The predicted octanol–water partition coefficient (Wildman–Crippen LogP) is 4.16. The van der Waals surface area contributed by atoms with Crippen molar-refractivity contribution in [1.29, 1.82) is 0 Å². The molecule has 1 aliphatic rings. The Morgan fingerprint density at radius 2 is 2.06 bits per heavy atom. The van der Waals surface area contributed by atoms with E-state index in [2.05, 4.69) is 4.98 Å². The van der Waals surface area contributed by atoms with E-state index in [1.807, 2.05) is 13.0 Å². The first-order chi connectivity index (χ1) is 15.0. The van der Waals surface area contributed by atoms with E-state index < -0.39 is 23.5 Å². The highest BCUT2D eigenvalue weighted by molar-refractivity contribution is 6.15. The zero-order valence-electron chi connectivity index (χ0n) is 17.2. The lowest BCUT2D eigenvalue weighted by atomic mass is 9.94. The van der Waals surface area contributed by atoms with Crippen molar-refractivity contribution in [3.63, 3.8) is 0 Å². The van der Waals surface area contributed by atoms with Gasteiger partial charge in [-0.3, -0.25) is 14.6 Å². The zero-order chi connectivity index (χ0) is 22.0. The summed E-state index contributed by atoms with van der Waals surface area (Å²) in [6, 6.07) is 13.2. The van der Waals surface area contributed by atoms with Crippen molar-refractivity contribution < 1.29 is 23.8 Å². The fourth-order valence-corrected chi connectivity index (χ4v) is 3.71.